The molecule has 0 aromatic carbocycles. The van der Waals surface area contributed by atoms with Crippen LogP contribution in [0.5, 0.6) is 0 Å². The van der Waals surface area contributed by atoms with Crippen LogP contribution >= 0.6 is 11.6 Å². The van der Waals surface area contributed by atoms with Crippen molar-refractivity contribution in [2.24, 2.45) is 0 Å². The highest BCUT2D eigenvalue weighted by Crippen LogP contribution is 2.21. The zero-order valence-electron chi connectivity index (χ0n) is 9.03. The molecule has 1 aromatic rings. The van der Waals surface area contributed by atoms with Crippen molar-refractivity contribution >= 4 is 11.6 Å². The largest absolute Gasteiger partial charge is 0.358 e. The predicted molar refractivity (Wildman–Crippen MR) is 56.9 cm³/mol. The van der Waals surface area contributed by atoms with Gasteiger partial charge in [-0.2, -0.15) is 0 Å². The second-order valence-corrected chi connectivity index (χ2v) is 3.53. The predicted octanol–water partition coefficient (Wildman–Crippen LogP) is 2.66. The Kier molecular flexibility index (Phi) is 5.68. The van der Waals surface area contributed by atoms with Crippen LogP contribution in [0.3, 0.4) is 0 Å². The van der Waals surface area contributed by atoms with E-state index in [4.69, 9.17) is 25.6 Å². The molecule has 0 aliphatic heterocycles. The first-order chi connectivity index (χ1) is 7.27. The number of nitrogens with zero attached hydrogens (tertiary/aromatic N) is 1. The van der Waals surface area contributed by atoms with Gasteiger partial charge in [0.05, 0.1) is 12.3 Å². The van der Waals surface area contributed by atoms with E-state index in [0.717, 1.165) is 17.9 Å². The Morgan fingerprint density at radius 2 is 2.40 bits per heavy atom. The fourth-order valence-electron chi connectivity index (χ4n) is 1.18. The molecular formula is C10H16ClNO3. The van der Waals surface area contributed by atoms with Crippen LogP contribution in [-0.4, -0.2) is 24.4 Å². The quantitative estimate of drug-likeness (QED) is 0.413. The van der Waals surface area contributed by atoms with Gasteiger partial charge in [-0.3, -0.25) is 0 Å². The molecule has 0 radical (unpaired) electrons. The van der Waals surface area contributed by atoms with E-state index in [-0.39, 0.29) is 12.9 Å². The standard InChI is InChI=1S/C10H16ClNO3/c1-3-9(14-7-13-5-4-11)10-6-8(2)12-15-10/h6,9H,3-5,7H2,1-2H3. The maximum atomic E-state index is 5.48. The van der Waals surface area contributed by atoms with Crippen LogP contribution in [0.4, 0.5) is 0 Å². The van der Waals surface area contributed by atoms with Crippen molar-refractivity contribution in [1.82, 2.24) is 5.16 Å². The number of hydrogen-bond donors (Lipinski definition) is 0. The van der Waals surface area contributed by atoms with Crippen LogP contribution in [0.2, 0.25) is 0 Å². The average Bonchev–Trinajstić information content (AvgIpc) is 2.65. The normalized spacial score (nSPS) is 13.0. The summed E-state index contributed by atoms with van der Waals surface area (Å²) in [5.41, 5.74) is 0.855. The number of halogens is 1. The van der Waals surface area contributed by atoms with Gasteiger partial charge in [0.2, 0.25) is 0 Å². The van der Waals surface area contributed by atoms with Crippen LogP contribution in [0.15, 0.2) is 10.6 Å². The highest BCUT2D eigenvalue weighted by molar-refractivity contribution is 6.17. The lowest BCUT2D eigenvalue weighted by molar-refractivity contribution is -0.0950. The van der Waals surface area contributed by atoms with Crippen molar-refractivity contribution < 1.29 is 14.0 Å². The number of rotatable bonds is 7. The van der Waals surface area contributed by atoms with Crippen LogP contribution in [-0.2, 0) is 9.47 Å². The number of ether oxygens (including phenoxy) is 2. The van der Waals surface area contributed by atoms with Gasteiger partial charge in [-0.05, 0) is 13.3 Å². The Labute approximate surface area is 94.5 Å². The summed E-state index contributed by atoms with van der Waals surface area (Å²) in [6, 6.07) is 1.87. The summed E-state index contributed by atoms with van der Waals surface area (Å²) < 4.78 is 15.7. The van der Waals surface area contributed by atoms with E-state index in [9.17, 15) is 0 Å². The van der Waals surface area contributed by atoms with Crippen molar-refractivity contribution in [2.45, 2.75) is 26.4 Å². The van der Waals surface area contributed by atoms with Crippen LogP contribution < -0.4 is 0 Å². The van der Waals surface area contributed by atoms with E-state index >= 15 is 0 Å². The molecule has 0 aliphatic carbocycles. The highest BCUT2D eigenvalue weighted by atomic mass is 35.5. The molecule has 0 aliphatic rings. The topological polar surface area (TPSA) is 44.5 Å². The molecular weight excluding hydrogens is 218 g/mol. The molecule has 15 heavy (non-hydrogen) atoms. The molecule has 0 saturated carbocycles. The second kappa shape index (κ2) is 6.82. The summed E-state index contributed by atoms with van der Waals surface area (Å²) >= 11 is 5.46. The highest BCUT2D eigenvalue weighted by Gasteiger charge is 2.14. The zero-order chi connectivity index (χ0) is 11.1. The minimum absolute atomic E-state index is 0.0958. The van der Waals surface area contributed by atoms with Crippen LogP contribution in [0.1, 0.15) is 30.9 Å². The number of hydrogen-bond acceptors (Lipinski definition) is 4. The monoisotopic (exact) mass is 233 g/mol. The van der Waals surface area contributed by atoms with Gasteiger partial charge in [0.15, 0.2) is 5.76 Å². The minimum atomic E-state index is -0.0958. The van der Waals surface area contributed by atoms with Crippen molar-refractivity contribution in [3.8, 4) is 0 Å². The Morgan fingerprint density at radius 3 is 2.93 bits per heavy atom. The van der Waals surface area contributed by atoms with Crippen molar-refractivity contribution in [1.29, 1.82) is 0 Å². The first-order valence-electron chi connectivity index (χ1n) is 4.96. The zero-order valence-corrected chi connectivity index (χ0v) is 9.79. The van der Waals surface area contributed by atoms with E-state index in [1.807, 2.05) is 19.9 Å². The third-order valence-corrected chi connectivity index (χ3v) is 2.06. The number of alkyl halides is 1. The molecule has 0 spiro atoms. The summed E-state index contributed by atoms with van der Waals surface area (Å²) in [5, 5.41) is 3.81. The molecule has 1 unspecified atom stereocenters. The van der Waals surface area contributed by atoms with E-state index in [0.29, 0.717) is 12.5 Å². The van der Waals surface area contributed by atoms with Crippen molar-refractivity contribution in [3.63, 3.8) is 0 Å². The Hall–Kier alpha value is -0.580. The first-order valence-corrected chi connectivity index (χ1v) is 5.50. The van der Waals surface area contributed by atoms with E-state index in [1.54, 1.807) is 0 Å². The molecule has 5 heteroatoms. The SMILES string of the molecule is CCC(OCOCCCl)c1cc(C)no1. The summed E-state index contributed by atoms with van der Waals surface area (Å²) in [6.07, 6.45) is 0.723. The Balaban J connectivity index is 2.35. The molecule has 86 valence electrons. The first kappa shape index (κ1) is 12.5. The molecule has 0 N–H and O–H groups in total. The van der Waals surface area contributed by atoms with Gasteiger partial charge in [-0.15, -0.1) is 11.6 Å². The van der Waals surface area contributed by atoms with E-state index in [2.05, 4.69) is 5.16 Å². The van der Waals surface area contributed by atoms with E-state index in [1.165, 1.54) is 0 Å². The fourth-order valence-corrected chi connectivity index (χ4v) is 1.29. The van der Waals surface area contributed by atoms with Crippen molar-refractivity contribution in [3.05, 3.63) is 17.5 Å². The Bertz CT molecular complexity index is 277. The lowest BCUT2D eigenvalue weighted by Crippen LogP contribution is -2.07. The van der Waals surface area contributed by atoms with Gasteiger partial charge < -0.3 is 14.0 Å². The fraction of sp³-hybridized carbons (Fsp3) is 0.700. The molecule has 0 bridgehead atoms. The van der Waals surface area contributed by atoms with Crippen molar-refractivity contribution in [2.75, 3.05) is 19.3 Å². The maximum Gasteiger partial charge on any atom is 0.165 e. The van der Waals surface area contributed by atoms with Gasteiger partial charge in [0.25, 0.3) is 0 Å². The minimum Gasteiger partial charge on any atom is -0.358 e. The molecule has 0 amide bonds. The van der Waals surface area contributed by atoms with Gasteiger partial charge in [0.1, 0.15) is 12.9 Å². The van der Waals surface area contributed by atoms with Crippen LogP contribution in [0, 0.1) is 6.92 Å². The second-order valence-electron chi connectivity index (χ2n) is 3.15. The van der Waals surface area contributed by atoms with Gasteiger partial charge in [0, 0.05) is 11.9 Å². The summed E-state index contributed by atoms with van der Waals surface area (Å²) in [4.78, 5) is 0. The third-order valence-electron chi connectivity index (χ3n) is 1.91. The molecule has 4 nitrogen and oxygen atoms in total. The molecule has 0 fully saturated rings. The van der Waals surface area contributed by atoms with Gasteiger partial charge in [-0.25, -0.2) is 0 Å². The van der Waals surface area contributed by atoms with Gasteiger partial charge >= 0.3 is 0 Å². The summed E-state index contributed by atoms with van der Waals surface area (Å²) in [6.45, 7) is 4.62. The summed E-state index contributed by atoms with van der Waals surface area (Å²) in [5.74, 6) is 1.21. The number of aryl methyl sites for hydroxylation is 1. The third kappa shape index (κ3) is 4.20. The molecule has 1 heterocycles. The molecule has 1 rings (SSSR count). The summed E-state index contributed by atoms with van der Waals surface area (Å²) in [7, 11) is 0. The van der Waals surface area contributed by atoms with Crippen LogP contribution in [0.25, 0.3) is 0 Å². The lowest BCUT2D eigenvalue weighted by Gasteiger charge is -2.12. The average molecular weight is 234 g/mol. The van der Waals surface area contributed by atoms with Gasteiger partial charge in [-0.1, -0.05) is 12.1 Å². The Morgan fingerprint density at radius 1 is 1.60 bits per heavy atom. The maximum absolute atomic E-state index is 5.48. The number of aromatic nitrogens is 1. The molecule has 0 saturated heterocycles. The molecule has 1 atom stereocenters. The molecule has 1 aromatic heterocycles. The smallest absolute Gasteiger partial charge is 0.165 e. The van der Waals surface area contributed by atoms with E-state index < -0.39 is 0 Å². The lowest BCUT2D eigenvalue weighted by atomic mass is 10.2.